The number of para-hydroxylation sites is 1. The zero-order valence-electron chi connectivity index (χ0n) is 11.7. The Morgan fingerprint density at radius 3 is 2.53 bits per heavy atom. The summed E-state index contributed by atoms with van der Waals surface area (Å²) < 4.78 is 10.7. The summed E-state index contributed by atoms with van der Waals surface area (Å²) in [7, 11) is 3.27. The van der Waals surface area contributed by atoms with E-state index in [2.05, 4.69) is 6.58 Å². The van der Waals surface area contributed by atoms with Crippen LogP contribution in [0, 0.1) is 0 Å². The number of allylic oxidation sites excluding steroid dienone is 6. The molecular weight excluding hydrogens is 236 g/mol. The van der Waals surface area contributed by atoms with Crippen molar-refractivity contribution < 1.29 is 9.47 Å². The topological polar surface area (TPSA) is 18.5 Å². The highest BCUT2D eigenvalue weighted by atomic mass is 16.5. The van der Waals surface area contributed by atoms with E-state index in [-0.39, 0.29) is 0 Å². The number of methoxy groups -OCH3 is 2. The lowest BCUT2D eigenvalue weighted by Gasteiger charge is -2.09. The van der Waals surface area contributed by atoms with E-state index in [0.29, 0.717) is 0 Å². The summed E-state index contributed by atoms with van der Waals surface area (Å²) in [6, 6.07) is 5.80. The molecule has 19 heavy (non-hydrogen) atoms. The van der Waals surface area contributed by atoms with Crippen LogP contribution >= 0.6 is 0 Å². The van der Waals surface area contributed by atoms with Gasteiger partial charge in [0.25, 0.3) is 0 Å². The fourth-order valence-electron chi connectivity index (χ4n) is 1.72. The van der Waals surface area contributed by atoms with Crippen LogP contribution in [0.4, 0.5) is 0 Å². The summed E-state index contributed by atoms with van der Waals surface area (Å²) in [5, 5.41) is 0. The molecule has 1 aromatic rings. The largest absolute Gasteiger partial charge is 0.493 e. The van der Waals surface area contributed by atoms with Crippen molar-refractivity contribution in [2.75, 3.05) is 14.2 Å². The van der Waals surface area contributed by atoms with Crippen molar-refractivity contribution in [1.82, 2.24) is 0 Å². The Hall–Kier alpha value is -2.22. The fraction of sp³-hybridized carbons (Fsp3) is 0.176. The third-order valence-corrected chi connectivity index (χ3v) is 2.56. The summed E-state index contributed by atoms with van der Waals surface area (Å²) in [5.41, 5.74) is 2.05. The highest BCUT2D eigenvalue weighted by Crippen LogP contribution is 2.31. The molecule has 1 aromatic carbocycles. The fourth-order valence-corrected chi connectivity index (χ4v) is 1.72. The average Bonchev–Trinajstić information content (AvgIpc) is 2.44. The van der Waals surface area contributed by atoms with Gasteiger partial charge in [0.2, 0.25) is 0 Å². The van der Waals surface area contributed by atoms with Gasteiger partial charge in [0.15, 0.2) is 11.5 Å². The first kappa shape index (κ1) is 14.8. The first-order valence-electron chi connectivity index (χ1n) is 6.11. The molecule has 0 aromatic heterocycles. The standard InChI is InChI=1S/C17H20O2/c1-5-8-14(9-6-2)12-13-15-10-7-11-16(18-3)17(15)19-4/h5-13H,1H2,2-4H3/b9-6-,13-12+,14-8+. The molecule has 0 aliphatic carbocycles. The molecular formula is C17H20O2. The first-order chi connectivity index (χ1) is 9.26. The molecule has 0 saturated carbocycles. The zero-order valence-corrected chi connectivity index (χ0v) is 11.7. The predicted octanol–water partition coefficient (Wildman–Crippen LogP) is 4.41. The second kappa shape index (κ2) is 7.98. The van der Waals surface area contributed by atoms with Crippen molar-refractivity contribution in [1.29, 1.82) is 0 Å². The summed E-state index contributed by atoms with van der Waals surface area (Å²) in [6.07, 6.45) is 11.7. The van der Waals surface area contributed by atoms with Gasteiger partial charge in [0.05, 0.1) is 14.2 Å². The normalized spacial score (nSPS) is 12.1. The van der Waals surface area contributed by atoms with Gasteiger partial charge in [-0.1, -0.05) is 55.2 Å². The molecule has 0 N–H and O–H groups in total. The van der Waals surface area contributed by atoms with Crippen molar-refractivity contribution in [3.05, 3.63) is 66.3 Å². The summed E-state index contributed by atoms with van der Waals surface area (Å²) in [4.78, 5) is 0. The maximum atomic E-state index is 5.39. The summed E-state index contributed by atoms with van der Waals surface area (Å²) in [6.45, 7) is 5.69. The van der Waals surface area contributed by atoms with Crippen LogP contribution in [0.25, 0.3) is 6.08 Å². The van der Waals surface area contributed by atoms with E-state index in [9.17, 15) is 0 Å². The third-order valence-electron chi connectivity index (χ3n) is 2.56. The van der Waals surface area contributed by atoms with Crippen LogP contribution < -0.4 is 9.47 Å². The van der Waals surface area contributed by atoms with Gasteiger partial charge in [0.1, 0.15) is 0 Å². The van der Waals surface area contributed by atoms with Crippen LogP contribution in [-0.4, -0.2) is 14.2 Å². The van der Waals surface area contributed by atoms with Crippen LogP contribution in [0.3, 0.4) is 0 Å². The van der Waals surface area contributed by atoms with Crippen molar-refractivity contribution in [2.24, 2.45) is 0 Å². The van der Waals surface area contributed by atoms with Gasteiger partial charge < -0.3 is 9.47 Å². The molecule has 0 radical (unpaired) electrons. The van der Waals surface area contributed by atoms with Crippen molar-refractivity contribution >= 4 is 6.08 Å². The molecule has 1 rings (SSSR count). The average molecular weight is 256 g/mol. The Morgan fingerprint density at radius 2 is 1.95 bits per heavy atom. The highest BCUT2D eigenvalue weighted by molar-refractivity contribution is 5.64. The highest BCUT2D eigenvalue weighted by Gasteiger charge is 2.06. The molecule has 0 spiro atoms. The Balaban J connectivity index is 3.10. The zero-order chi connectivity index (χ0) is 14.1. The maximum absolute atomic E-state index is 5.39. The number of hydrogen-bond donors (Lipinski definition) is 0. The van der Waals surface area contributed by atoms with E-state index in [1.165, 1.54) is 0 Å². The Morgan fingerprint density at radius 1 is 1.16 bits per heavy atom. The molecule has 0 heterocycles. The van der Waals surface area contributed by atoms with Crippen LogP contribution in [-0.2, 0) is 0 Å². The lowest BCUT2D eigenvalue weighted by Crippen LogP contribution is -1.92. The van der Waals surface area contributed by atoms with Crippen molar-refractivity contribution in [3.8, 4) is 11.5 Å². The number of ether oxygens (including phenoxy) is 2. The SMILES string of the molecule is C=C/C=C(\C=C/C)/C=C/c1cccc(OC)c1OC. The number of hydrogen-bond acceptors (Lipinski definition) is 2. The minimum absolute atomic E-state index is 0.727. The van der Waals surface area contributed by atoms with Gasteiger partial charge in [0, 0.05) is 5.56 Å². The molecule has 0 fully saturated rings. The lowest BCUT2D eigenvalue weighted by molar-refractivity contribution is 0.354. The predicted molar refractivity (Wildman–Crippen MR) is 81.7 cm³/mol. The molecule has 0 aliphatic rings. The van der Waals surface area contributed by atoms with Gasteiger partial charge in [-0.05, 0) is 18.6 Å². The summed E-state index contributed by atoms with van der Waals surface area (Å²) in [5.74, 6) is 1.46. The van der Waals surface area contributed by atoms with Crippen molar-refractivity contribution in [2.45, 2.75) is 6.92 Å². The van der Waals surface area contributed by atoms with Gasteiger partial charge in [-0.2, -0.15) is 0 Å². The molecule has 0 atom stereocenters. The van der Waals surface area contributed by atoms with Crippen LogP contribution in [0.1, 0.15) is 12.5 Å². The third kappa shape index (κ3) is 4.18. The number of rotatable bonds is 6. The Labute approximate surface area is 115 Å². The van der Waals surface area contributed by atoms with E-state index < -0.39 is 0 Å². The quantitative estimate of drug-likeness (QED) is 0.702. The molecule has 0 bridgehead atoms. The maximum Gasteiger partial charge on any atom is 0.167 e. The van der Waals surface area contributed by atoms with Crippen LogP contribution in [0.5, 0.6) is 11.5 Å². The number of benzene rings is 1. The van der Waals surface area contributed by atoms with Gasteiger partial charge >= 0.3 is 0 Å². The minimum atomic E-state index is 0.727. The smallest absolute Gasteiger partial charge is 0.167 e. The van der Waals surface area contributed by atoms with Gasteiger partial charge in [-0.25, -0.2) is 0 Å². The van der Waals surface area contributed by atoms with Crippen LogP contribution in [0.2, 0.25) is 0 Å². The van der Waals surface area contributed by atoms with Crippen molar-refractivity contribution in [3.63, 3.8) is 0 Å². The molecule has 0 saturated heterocycles. The van der Waals surface area contributed by atoms with E-state index in [4.69, 9.17) is 9.47 Å². The molecule has 2 heteroatoms. The van der Waals surface area contributed by atoms with E-state index in [1.54, 1.807) is 20.3 Å². The van der Waals surface area contributed by atoms with Gasteiger partial charge in [-0.3, -0.25) is 0 Å². The van der Waals surface area contributed by atoms with Crippen LogP contribution in [0.15, 0.2) is 60.7 Å². The van der Waals surface area contributed by atoms with E-state index >= 15 is 0 Å². The summed E-state index contributed by atoms with van der Waals surface area (Å²) >= 11 is 0. The molecule has 0 unspecified atom stereocenters. The lowest BCUT2D eigenvalue weighted by atomic mass is 10.1. The van der Waals surface area contributed by atoms with E-state index in [1.807, 2.05) is 55.5 Å². The Kier molecular flexibility index (Phi) is 6.23. The minimum Gasteiger partial charge on any atom is -0.493 e. The monoisotopic (exact) mass is 256 g/mol. The molecule has 2 nitrogen and oxygen atoms in total. The molecule has 0 aliphatic heterocycles. The first-order valence-corrected chi connectivity index (χ1v) is 6.11. The van der Waals surface area contributed by atoms with E-state index in [0.717, 1.165) is 22.6 Å². The Bertz CT molecular complexity index is 508. The molecule has 100 valence electrons. The second-order valence-corrected chi connectivity index (χ2v) is 3.82. The molecule has 0 amide bonds. The van der Waals surface area contributed by atoms with Gasteiger partial charge in [-0.15, -0.1) is 0 Å². The second-order valence-electron chi connectivity index (χ2n) is 3.82.